The molecule has 0 aromatic carbocycles. The van der Waals surface area contributed by atoms with Gasteiger partial charge in [0.2, 0.25) is 0 Å². The monoisotopic (exact) mass is 186 g/mol. The summed E-state index contributed by atoms with van der Waals surface area (Å²) in [7, 11) is 2.14. The van der Waals surface area contributed by atoms with E-state index < -0.39 is 0 Å². The van der Waals surface area contributed by atoms with E-state index in [9.17, 15) is 0 Å². The minimum atomic E-state index is 0.0637. The highest BCUT2D eigenvalue weighted by Crippen LogP contribution is 2.31. The highest BCUT2D eigenvalue weighted by Gasteiger charge is 2.44. The fourth-order valence-corrected chi connectivity index (χ4v) is 2.16. The summed E-state index contributed by atoms with van der Waals surface area (Å²) < 4.78 is 5.61. The fraction of sp³-hybridized carbons (Fsp3) is 1.00. The highest BCUT2D eigenvalue weighted by molar-refractivity contribution is 5.00. The van der Waals surface area contributed by atoms with E-state index in [1.807, 2.05) is 0 Å². The number of nitrogens with two attached hydrogens (primary N) is 1. The zero-order valence-corrected chi connectivity index (χ0v) is 9.21. The molecule has 0 bridgehead atoms. The molecule has 3 heteroatoms. The second-order valence-corrected chi connectivity index (χ2v) is 4.28. The van der Waals surface area contributed by atoms with Crippen molar-refractivity contribution in [1.82, 2.24) is 4.90 Å². The molecule has 0 radical (unpaired) electrons. The zero-order valence-electron chi connectivity index (χ0n) is 9.21. The highest BCUT2D eigenvalue weighted by atomic mass is 16.5. The normalized spacial score (nSPS) is 34.8. The maximum absolute atomic E-state index is 5.88. The largest absolute Gasteiger partial charge is 0.376 e. The summed E-state index contributed by atoms with van der Waals surface area (Å²) in [4.78, 5) is 2.35. The predicted octanol–water partition coefficient (Wildman–Crippen LogP) is 0.833. The molecule has 2 N–H and O–H groups in total. The van der Waals surface area contributed by atoms with E-state index in [2.05, 4.69) is 32.7 Å². The van der Waals surface area contributed by atoms with Gasteiger partial charge >= 0.3 is 0 Å². The van der Waals surface area contributed by atoms with Gasteiger partial charge < -0.3 is 10.5 Å². The van der Waals surface area contributed by atoms with E-state index in [-0.39, 0.29) is 11.6 Å². The maximum Gasteiger partial charge on any atom is 0.0743 e. The Morgan fingerprint density at radius 1 is 1.62 bits per heavy atom. The van der Waals surface area contributed by atoms with Gasteiger partial charge in [0.1, 0.15) is 0 Å². The average molecular weight is 186 g/mol. The molecule has 1 aliphatic rings. The molecule has 78 valence electrons. The molecule has 0 amide bonds. The quantitative estimate of drug-likeness (QED) is 0.709. The molecule has 1 saturated heterocycles. The van der Waals surface area contributed by atoms with E-state index in [1.165, 1.54) is 0 Å². The average Bonchev–Trinajstić information content (AvgIpc) is 2.46. The van der Waals surface area contributed by atoms with Gasteiger partial charge in [0, 0.05) is 19.2 Å². The van der Waals surface area contributed by atoms with Crippen LogP contribution in [0.1, 0.15) is 27.2 Å². The van der Waals surface area contributed by atoms with Crippen LogP contribution in [0.2, 0.25) is 0 Å². The minimum absolute atomic E-state index is 0.0637. The second kappa shape index (κ2) is 3.95. The number of hydrogen-bond donors (Lipinski definition) is 1. The topological polar surface area (TPSA) is 38.5 Å². The lowest BCUT2D eigenvalue weighted by atomic mass is 9.89. The summed E-state index contributed by atoms with van der Waals surface area (Å²) in [6.07, 6.45) is 1.31. The molecule has 0 aromatic heterocycles. The molecule has 0 spiro atoms. The molecule has 13 heavy (non-hydrogen) atoms. The molecule has 2 unspecified atom stereocenters. The van der Waals surface area contributed by atoms with E-state index in [4.69, 9.17) is 10.5 Å². The summed E-state index contributed by atoms with van der Waals surface area (Å²) in [5, 5.41) is 0. The van der Waals surface area contributed by atoms with Crippen LogP contribution in [0.15, 0.2) is 0 Å². The van der Waals surface area contributed by atoms with Gasteiger partial charge in [0.15, 0.2) is 0 Å². The predicted molar refractivity (Wildman–Crippen MR) is 54.7 cm³/mol. The Hall–Kier alpha value is -0.120. The summed E-state index contributed by atoms with van der Waals surface area (Å²) in [6.45, 7) is 8.04. The first-order valence-electron chi connectivity index (χ1n) is 5.09. The molecule has 3 nitrogen and oxygen atoms in total. The van der Waals surface area contributed by atoms with Crippen LogP contribution in [-0.4, -0.2) is 42.8 Å². The minimum Gasteiger partial charge on any atom is -0.376 e. The zero-order chi connectivity index (χ0) is 10.1. The molecular formula is C10H22N2O. The van der Waals surface area contributed by atoms with E-state index in [0.717, 1.165) is 13.0 Å². The summed E-state index contributed by atoms with van der Waals surface area (Å²) in [5.74, 6) is 0. The molecule has 2 atom stereocenters. The van der Waals surface area contributed by atoms with Gasteiger partial charge in [-0.15, -0.1) is 0 Å². The van der Waals surface area contributed by atoms with Gasteiger partial charge in [-0.1, -0.05) is 0 Å². The number of nitrogens with zero attached hydrogens (tertiary/aromatic N) is 1. The van der Waals surface area contributed by atoms with Crippen LogP contribution in [-0.2, 0) is 4.74 Å². The van der Waals surface area contributed by atoms with Gasteiger partial charge in [0.25, 0.3) is 0 Å². The van der Waals surface area contributed by atoms with E-state index >= 15 is 0 Å². The van der Waals surface area contributed by atoms with Gasteiger partial charge in [-0.25, -0.2) is 0 Å². The van der Waals surface area contributed by atoms with Crippen LogP contribution in [0.3, 0.4) is 0 Å². The molecule has 1 aliphatic heterocycles. The van der Waals surface area contributed by atoms with Crippen molar-refractivity contribution in [3.63, 3.8) is 0 Å². The summed E-state index contributed by atoms with van der Waals surface area (Å²) in [5.41, 5.74) is 5.94. The lowest BCUT2D eigenvalue weighted by molar-refractivity contribution is 0.0136. The fourth-order valence-electron chi connectivity index (χ4n) is 2.16. The van der Waals surface area contributed by atoms with Crippen LogP contribution in [0.25, 0.3) is 0 Å². The number of likely N-dealkylation sites (N-methyl/N-ethyl adjacent to an activating group) is 1. The first kappa shape index (κ1) is 11.0. The maximum atomic E-state index is 5.88. The molecule has 0 saturated carbocycles. The summed E-state index contributed by atoms with van der Waals surface area (Å²) >= 11 is 0. The van der Waals surface area contributed by atoms with Crippen LogP contribution in [0.4, 0.5) is 0 Å². The molecule has 1 rings (SSSR count). The first-order chi connectivity index (χ1) is 6.04. The van der Waals surface area contributed by atoms with Gasteiger partial charge in [-0.2, -0.15) is 0 Å². The van der Waals surface area contributed by atoms with Gasteiger partial charge in [0.05, 0.1) is 11.6 Å². The number of rotatable bonds is 3. The van der Waals surface area contributed by atoms with Crippen molar-refractivity contribution in [2.45, 2.75) is 44.9 Å². The van der Waals surface area contributed by atoms with Crippen molar-refractivity contribution in [1.29, 1.82) is 0 Å². The standard InChI is InChI=1S/C10H22N2O/c1-8(2)12(4)10(7-11)5-6-13-9(10)3/h8-9H,5-7,11H2,1-4H3. The molecule has 0 aliphatic carbocycles. The van der Waals surface area contributed by atoms with Crippen molar-refractivity contribution in [3.05, 3.63) is 0 Å². The van der Waals surface area contributed by atoms with E-state index in [1.54, 1.807) is 0 Å². The van der Waals surface area contributed by atoms with Crippen molar-refractivity contribution < 1.29 is 4.74 Å². The molecule has 1 fully saturated rings. The van der Waals surface area contributed by atoms with Crippen molar-refractivity contribution in [2.75, 3.05) is 20.2 Å². The molecular weight excluding hydrogens is 164 g/mol. The smallest absolute Gasteiger partial charge is 0.0743 e. The van der Waals surface area contributed by atoms with Crippen LogP contribution in [0, 0.1) is 0 Å². The number of hydrogen-bond acceptors (Lipinski definition) is 3. The van der Waals surface area contributed by atoms with E-state index in [0.29, 0.717) is 12.6 Å². The van der Waals surface area contributed by atoms with Crippen molar-refractivity contribution in [2.24, 2.45) is 5.73 Å². The van der Waals surface area contributed by atoms with Crippen LogP contribution >= 0.6 is 0 Å². The van der Waals surface area contributed by atoms with Crippen LogP contribution < -0.4 is 5.73 Å². The van der Waals surface area contributed by atoms with Crippen molar-refractivity contribution >= 4 is 0 Å². The van der Waals surface area contributed by atoms with Gasteiger partial charge in [-0.05, 0) is 34.2 Å². The van der Waals surface area contributed by atoms with Crippen LogP contribution in [0.5, 0.6) is 0 Å². The Morgan fingerprint density at radius 3 is 2.54 bits per heavy atom. The van der Waals surface area contributed by atoms with Gasteiger partial charge in [-0.3, -0.25) is 4.90 Å². The molecule has 1 heterocycles. The first-order valence-corrected chi connectivity index (χ1v) is 5.09. The Morgan fingerprint density at radius 2 is 2.23 bits per heavy atom. The third kappa shape index (κ3) is 1.73. The summed E-state index contributed by atoms with van der Waals surface area (Å²) in [6, 6.07) is 0.521. The Bertz CT molecular complexity index is 172. The third-order valence-electron chi connectivity index (χ3n) is 3.49. The lowest BCUT2D eigenvalue weighted by Gasteiger charge is -2.42. The lowest BCUT2D eigenvalue weighted by Crippen LogP contribution is -2.58. The molecule has 0 aromatic rings. The Balaban J connectivity index is 2.79. The van der Waals surface area contributed by atoms with Crippen molar-refractivity contribution in [3.8, 4) is 0 Å². The Labute approximate surface area is 81.2 Å². The second-order valence-electron chi connectivity index (χ2n) is 4.28. The SMILES string of the molecule is CC(C)N(C)C1(CN)CCOC1C. The number of ether oxygens (including phenoxy) is 1. The Kier molecular flexibility index (Phi) is 3.33. The third-order valence-corrected chi connectivity index (χ3v) is 3.49.